The molecule has 0 spiro atoms. The average molecular weight is 323 g/mol. The normalized spacial score (nSPS) is 17.5. The van der Waals surface area contributed by atoms with Crippen LogP contribution in [-0.2, 0) is 6.42 Å². The van der Waals surface area contributed by atoms with Crippen LogP contribution in [0.25, 0.3) is 0 Å². The number of hydrogen-bond donors (Lipinski definition) is 1. The minimum atomic E-state index is 0.131. The van der Waals surface area contributed by atoms with Gasteiger partial charge >= 0.3 is 0 Å². The molecule has 1 unspecified atom stereocenters. The van der Waals surface area contributed by atoms with Crippen molar-refractivity contribution in [3.05, 3.63) is 59.8 Å². The Labute approximate surface area is 143 Å². The van der Waals surface area contributed by atoms with E-state index in [-0.39, 0.29) is 5.91 Å². The van der Waals surface area contributed by atoms with Gasteiger partial charge in [0, 0.05) is 31.4 Å². The number of piperidine rings is 1. The Hall–Kier alpha value is -2.36. The summed E-state index contributed by atoms with van der Waals surface area (Å²) >= 11 is 0. The fraction of sp³-hybridized carbons (Fsp3) is 0.400. The molecule has 0 aliphatic carbocycles. The first-order valence-electron chi connectivity index (χ1n) is 8.76. The van der Waals surface area contributed by atoms with Crippen molar-refractivity contribution in [1.29, 1.82) is 0 Å². The summed E-state index contributed by atoms with van der Waals surface area (Å²) in [5.74, 6) is 0.866. The van der Waals surface area contributed by atoms with E-state index >= 15 is 0 Å². The number of anilines is 1. The number of pyridine rings is 1. The van der Waals surface area contributed by atoms with Gasteiger partial charge in [-0.15, -0.1) is 0 Å². The Morgan fingerprint density at radius 3 is 2.88 bits per heavy atom. The number of nitrogens with zero attached hydrogens (tertiary/aromatic N) is 2. The largest absolute Gasteiger partial charge is 0.373 e. The molecular weight excluding hydrogens is 298 g/mol. The second-order valence-corrected chi connectivity index (χ2v) is 6.35. The maximum Gasteiger partial charge on any atom is 0.254 e. The molecule has 2 aromatic rings. The summed E-state index contributed by atoms with van der Waals surface area (Å²) in [6.45, 7) is 0.857. The zero-order valence-electron chi connectivity index (χ0n) is 14.2. The molecule has 1 amide bonds. The van der Waals surface area contributed by atoms with Crippen LogP contribution in [-0.4, -0.2) is 35.4 Å². The Morgan fingerprint density at radius 1 is 1.25 bits per heavy atom. The van der Waals surface area contributed by atoms with Crippen LogP contribution >= 0.6 is 0 Å². The Bertz CT molecular complexity index is 672. The monoisotopic (exact) mass is 323 g/mol. The first-order chi connectivity index (χ1) is 11.8. The molecule has 1 saturated heterocycles. The topological polar surface area (TPSA) is 45.2 Å². The smallest absolute Gasteiger partial charge is 0.254 e. The minimum absolute atomic E-state index is 0.131. The molecule has 1 atom stereocenters. The van der Waals surface area contributed by atoms with Crippen molar-refractivity contribution in [3.63, 3.8) is 0 Å². The van der Waals surface area contributed by atoms with E-state index in [0.717, 1.165) is 43.6 Å². The van der Waals surface area contributed by atoms with Gasteiger partial charge in [0.15, 0.2) is 0 Å². The van der Waals surface area contributed by atoms with Gasteiger partial charge in [0.2, 0.25) is 0 Å². The summed E-state index contributed by atoms with van der Waals surface area (Å²) < 4.78 is 0. The third kappa shape index (κ3) is 3.94. The number of rotatable bonds is 5. The van der Waals surface area contributed by atoms with Crippen LogP contribution in [0.3, 0.4) is 0 Å². The number of nitrogens with one attached hydrogen (secondary N) is 1. The number of likely N-dealkylation sites (tertiary alicyclic amines) is 1. The second kappa shape index (κ2) is 7.95. The first kappa shape index (κ1) is 16.5. The SMILES string of the molecule is CNc1cc(C(=O)N2CCCCC2CCc2ccccc2)ccn1. The second-order valence-electron chi connectivity index (χ2n) is 6.35. The first-order valence-corrected chi connectivity index (χ1v) is 8.76. The summed E-state index contributed by atoms with van der Waals surface area (Å²) in [6, 6.07) is 14.5. The van der Waals surface area contributed by atoms with E-state index in [4.69, 9.17) is 0 Å². The number of aryl methyl sites for hydroxylation is 1. The molecule has 24 heavy (non-hydrogen) atoms. The minimum Gasteiger partial charge on any atom is -0.373 e. The molecule has 4 nitrogen and oxygen atoms in total. The zero-order valence-corrected chi connectivity index (χ0v) is 14.2. The van der Waals surface area contributed by atoms with E-state index in [2.05, 4.69) is 39.5 Å². The summed E-state index contributed by atoms with van der Waals surface area (Å²) in [4.78, 5) is 19.2. The van der Waals surface area contributed by atoms with Crippen molar-refractivity contribution in [1.82, 2.24) is 9.88 Å². The number of hydrogen-bond acceptors (Lipinski definition) is 3. The highest BCUT2D eigenvalue weighted by atomic mass is 16.2. The number of carbonyl (C=O) groups excluding carboxylic acids is 1. The van der Waals surface area contributed by atoms with Crippen molar-refractivity contribution in [2.24, 2.45) is 0 Å². The fourth-order valence-corrected chi connectivity index (χ4v) is 3.41. The Balaban J connectivity index is 1.70. The Morgan fingerprint density at radius 2 is 2.08 bits per heavy atom. The summed E-state index contributed by atoms with van der Waals surface area (Å²) in [7, 11) is 1.82. The zero-order chi connectivity index (χ0) is 16.8. The highest BCUT2D eigenvalue weighted by Gasteiger charge is 2.27. The lowest BCUT2D eigenvalue weighted by molar-refractivity contribution is 0.0602. The van der Waals surface area contributed by atoms with Crippen molar-refractivity contribution in [2.75, 3.05) is 18.9 Å². The molecule has 1 aliphatic heterocycles. The number of benzene rings is 1. The van der Waals surface area contributed by atoms with E-state index < -0.39 is 0 Å². The molecule has 3 rings (SSSR count). The molecule has 126 valence electrons. The average Bonchev–Trinajstić information content (AvgIpc) is 2.67. The number of amides is 1. The van der Waals surface area contributed by atoms with Crippen LogP contribution in [0.5, 0.6) is 0 Å². The fourth-order valence-electron chi connectivity index (χ4n) is 3.41. The molecule has 1 N–H and O–H groups in total. The van der Waals surface area contributed by atoms with Crippen molar-refractivity contribution >= 4 is 11.7 Å². The summed E-state index contributed by atoms with van der Waals surface area (Å²) in [5.41, 5.74) is 2.07. The molecule has 0 bridgehead atoms. The van der Waals surface area contributed by atoms with Crippen molar-refractivity contribution in [3.8, 4) is 0 Å². The molecule has 4 heteroatoms. The van der Waals surface area contributed by atoms with Crippen LogP contribution in [0, 0.1) is 0 Å². The van der Waals surface area contributed by atoms with E-state index in [0.29, 0.717) is 6.04 Å². The highest BCUT2D eigenvalue weighted by molar-refractivity contribution is 5.95. The quantitative estimate of drug-likeness (QED) is 0.911. The van der Waals surface area contributed by atoms with Gasteiger partial charge in [-0.1, -0.05) is 30.3 Å². The van der Waals surface area contributed by atoms with Crippen LogP contribution < -0.4 is 5.32 Å². The predicted molar refractivity (Wildman–Crippen MR) is 97.2 cm³/mol. The van der Waals surface area contributed by atoms with Crippen molar-refractivity contribution in [2.45, 2.75) is 38.1 Å². The van der Waals surface area contributed by atoms with E-state index in [9.17, 15) is 4.79 Å². The lowest BCUT2D eigenvalue weighted by Crippen LogP contribution is -2.44. The molecule has 1 fully saturated rings. The van der Waals surface area contributed by atoms with Gasteiger partial charge in [0.25, 0.3) is 5.91 Å². The summed E-state index contributed by atoms with van der Waals surface area (Å²) in [5, 5.41) is 3.00. The van der Waals surface area contributed by atoms with E-state index in [1.54, 1.807) is 6.20 Å². The number of carbonyl (C=O) groups is 1. The lowest BCUT2D eigenvalue weighted by Gasteiger charge is -2.36. The van der Waals surface area contributed by atoms with Gasteiger partial charge in [-0.3, -0.25) is 4.79 Å². The van der Waals surface area contributed by atoms with Crippen LogP contribution in [0.15, 0.2) is 48.7 Å². The third-order valence-corrected chi connectivity index (χ3v) is 4.76. The molecule has 0 saturated carbocycles. The molecule has 1 aromatic carbocycles. The summed E-state index contributed by atoms with van der Waals surface area (Å²) in [6.07, 6.45) is 7.15. The number of aromatic nitrogens is 1. The molecule has 2 heterocycles. The predicted octanol–water partition coefficient (Wildman–Crippen LogP) is 3.75. The molecule has 1 aliphatic rings. The van der Waals surface area contributed by atoms with E-state index in [1.807, 2.05) is 25.2 Å². The van der Waals surface area contributed by atoms with E-state index in [1.165, 1.54) is 12.0 Å². The van der Waals surface area contributed by atoms with Gasteiger partial charge in [-0.05, 0) is 49.8 Å². The van der Waals surface area contributed by atoms with Gasteiger partial charge in [-0.2, -0.15) is 0 Å². The maximum atomic E-state index is 13.0. The van der Waals surface area contributed by atoms with Gasteiger partial charge in [0.1, 0.15) is 5.82 Å². The third-order valence-electron chi connectivity index (χ3n) is 4.76. The lowest BCUT2D eigenvalue weighted by atomic mass is 9.95. The van der Waals surface area contributed by atoms with Crippen LogP contribution in [0.2, 0.25) is 0 Å². The van der Waals surface area contributed by atoms with Crippen molar-refractivity contribution < 1.29 is 4.79 Å². The van der Waals surface area contributed by atoms with Gasteiger partial charge < -0.3 is 10.2 Å². The maximum absolute atomic E-state index is 13.0. The van der Waals surface area contributed by atoms with Crippen LogP contribution in [0.4, 0.5) is 5.82 Å². The highest BCUT2D eigenvalue weighted by Crippen LogP contribution is 2.24. The Kier molecular flexibility index (Phi) is 5.47. The van der Waals surface area contributed by atoms with Gasteiger partial charge in [0.05, 0.1) is 0 Å². The molecule has 1 aromatic heterocycles. The van der Waals surface area contributed by atoms with Gasteiger partial charge in [-0.25, -0.2) is 4.98 Å². The van der Waals surface area contributed by atoms with Crippen LogP contribution in [0.1, 0.15) is 41.6 Å². The molecule has 0 radical (unpaired) electrons. The standard InChI is InChI=1S/C20H25N3O/c1-21-19-15-17(12-13-22-19)20(24)23-14-6-5-9-18(23)11-10-16-7-3-2-4-8-16/h2-4,7-8,12-13,15,18H,5-6,9-11,14H2,1H3,(H,21,22). The molecular formula is C20H25N3O.